The molecule has 108 valence electrons. The fourth-order valence-corrected chi connectivity index (χ4v) is 2.67. The van der Waals surface area contributed by atoms with Gasteiger partial charge in [-0.1, -0.05) is 72.1 Å². The number of hydrogen-bond acceptors (Lipinski definition) is 1. The summed E-state index contributed by atoms with van der Waals surface area (Å²) >= 11 is 0. The third-order valence-corrected chi connectivity index (χ3v) is 3.79. The molecule has 0 radical (unpaired) electrons. The Morgan fingerprint density at radius 3 is 2.06 bits per heavy atom. The molecule has 0 aromatic rings. The molecule has 0 heterocycles. The standard InChI is InChI=1S/C16H32O2/c1-4-7-9-12-15(16(17)18)13-14(10-6-3)11-8-5-2/h14-15H,4-13H2,1-3H3,(H,17,18). The Morgan fingerprint density at radius 2 is 1.56 bits per heavy atom. The van der Waals surface area contributed by atoms with Crippen molar-refractivity contribution >= 4 is 5.97 Å². The van der Waals surface area contributed by atoms with E-state index in [-0.39, 0.29) is 5.92 Å². The molecule has 0 saturated carbocycles. The summed E-state index contributed by atoms with van der Waals surface area (Å²) in [5, 5.41) is 9.32. The molecule has 1 N–H and O–H groups in total. The molecule has 0 aliphatic heterocycles. The van der Waals surface area contributed by atoms with E-state index in [1.165, 1.54) is 38.5 Å². The van der Waals surface area contributed by atoms with E-state index in [1.807, 2.05) is 0 Å². The maximum absolute atomic E-state index is 11.3. The molecule has 0 saturated heterocycles. The maximum Gasteiger partial charge on any atom is 0.306 e. The molecule has 2 heteroatoms. The Hall–Kier alpha value is -0.530. The zero-order valence-corrected chi connectivity index (χ0v) is 12.6. The molecule has 0 aliphatic rings. The number of carboxylic acid groups (broad SMARTS) is 1. The van der Waals surface area contributed by atoms with E-state index in [4.69, 9.17) is 0 Å². The molecular formula is C16H32O2. The zero-order valence-electron chi connectivity index (χ0n) is 12.6. The highest BCUT2D eigenvalue weighted by molar-refractivity contribution is 5.69. The first-order valence-electron chi connectivity index (χ1n) is 7.88. The van der Waals surface area contributed by atoms with Gasteiger partial charge in [-0.15, -0.1) is 0 Å². The molecular weight excluding hydrogens is 224 g/mol. The Labute approximate surface area is 113 Å². The fourth-order valence-electron chi connectivity index (χ4n) is 2.67. The summed E-state index contributed by atoms with van der Waals surface area (Å²) in [6.07, 6.45) is 11.2. The monoisotopic (exact) mass is 256 g/mol. The van der Waals surface area contributed by atoms with Gasteiger partial charge >= 0.3 is 5.97 Å². The molecule has 0 spiro atoms. The predicted octanol–water partition coefficient (Wildman–Crippen LogP) is 5.26. The van der Waals surface area contributed by atoms with E-state index in [2.05, 4.69) is 20.8 Å². The molecule has 2 atom stereocenters. The van der Waals surface area contributed by atoms with E-state index in [1.54, 1.807) is 0 Å². The van der Waals surface area contributed by atoms with Crippen LogP contribution in [0.15, 0.2) is 0 Å². The number of rotatable bonds is 12. The second-order valence-electron chi connectivity index (χ2n) is 5.56. The van der Waals surface area contributed by atoms with E-state index in [0.29, 0.717) is 5.92 Å². The Morgan fingerprint density at radius 1 is 0.889 bits per heavy atom. The first-order valence-corrected chi connectivity index (χ1v) is 7.88. The first kappa shape index (κ1) is 17.5. The fraction of sp³-hybridized carbons (Fsp3) is 0.938. The summed E-state index contributed by atoms with van der Waals surface area (Å²) in [7, 11) is 0. The van der Waals surface area contributed by atoms with Gasteiger partial charge in [-0.3, -0.25) is 4.79 Å². The van der Waals surface area contributed by atoms with Crippen molar-refractivity contribution < 1.29 is 9.90 Å². The molecule has 0 rings (SSSR count). The van der Waals surface area contributed by atoms with Gasteiger partial charge in [0, 0.05) is 0 Å². The molecule has 2 nitrogen and oxygen atoms in total. The number of carboxylic acids is 1. The zero-order chi connectivity index (χ0) is 13.8. The number of hydrogen-bond donors (Lipinski definition) is 1. The van der Waals surface area contributed by atoms with E-state index >= 15 is 0 Å². The van der Waals surface area contributed by atoms with Crippen molar-refractivity contribution in [2.24, 2.45) is 11.8 Å². The van der Waals surface area contributed by atoms with Gasteiger partial charge in [-0.2, -0.15) is 0 Å². The van der Waals surface area contributed by atoms with Gasteiger partial charge in [0.2, 0.25) is 0 Å². The normalized spacial score (nSPS) is 14.4. The van der Waals surface area contributed by atoms with Crippen molar-refractivity contribution in [1.82, 2.24) is 0 Å². The van der Waals surface area contributed by atoms with Gasteiger partial charge in [-0.25, -0.2) is 0 Å². The van der Waals surface area contributed by atoms with Crippen LogP contribution in [0.3, 0.4) is 0 Å². The Kier molecular flexibility index (Phi) is 11.2. The minimum atomic E-state index is -0.580. The lowest BCUT2D eigenvalue weighted by atomic mass is 9.85. The SMILES string of the molecule is CCCCCC(CC(CCC)CCCC)C(=O)O. The highest BCUT2D eigenvalue weighted by Crippen LogP contribution is 2.26. The lowest BCUT2D eigenvalue weighted by Crippen LogP contribution is -2.18. The second-order valence-corrected chi connectivity index (χ2v) is 5.56. The minimum Gasteiger partial charge on any atom is -0.481 e. The van der Waals surface area contributed by atoms with Crippen LogP contribution in [0.4, 0.5) is 0 Å². The number of unbranched alkanes of at least 4 members (excludes halogenated alkanes) is 3. The van der Waals surface area contributed by atoms with Crippen molar-refractivity contribution in [2.45, 2.75) is 85.0 Å². The average Bonchev–Trinajstić information content (AvgIpc) is 2.34. The van der Waals surface area contributed by atoms with Crippen LogP contribution in [0, 0.1) is 11.8 Å². The maximum atomic E-state index is 11.3. The second kappa shape index (κ2) is 11.6. The molecule has 0 aromatic heterocycles. The first-order chi connectivity index (χ1) is 8.65. The van der Waals surface area contributed by atoms with Crippen molar-refractivity contribution in [1.29, 1.82) is 0 Å². The summed E-state index contributed by atoms with van der Waals surface area (Å²) < 4.78 is 0. The van der Waals surface area contributed by atoms with Gasteiger partial charge in [0.1, 0.15) is 0 Å². The third kappa shape index (κ3) is 8.54. The van der Waals surface area contributed by atoms with Crippen LogP contribution in [0.1, 0.15) is 85.0 Å². The topological polar surface area (TPSA) is 37.3 Å². The minimum absolute atomic E-state index is 0.107. The predicted molar refractivity (Wildman–Crippen MR) is 77.8 cm³/mol. The smallest absolute Gasteiger partial charge is 0.306 e. The molecule has 0 aliphatic carbocycles. The largest absolute Gasteiger partial charge is 0.481 e. The summed E-state index contributed by atoms with van der Waals surface area (Å²) in [5.41, 5.74) is 0. The van der Waals surface area contributed by atoms with Crippen molar-refractivity contribution in [3.05, 3.63) is 0 Å². The van der Waals surface area contributed by atoms with Crippen LogP contribution in [-0.4, -0.2) is 11.1 Å². The molecule has 0 aromatic carbocycles. The molecule has 2 unspecified atom stereocenters. The summed E-state index contributed by atoms with van der Waals surface area (Å²) in [4.78, 5) is 11.3. The Balaban J connectivity index is 4.17. The Bertz CT molecular complexity index is 201. The quantitative estimate of drug-likeness (QED) is 0.483. The van der Waals surface area contributed by atoms with Crippen LogP contribution in [0.5, 0.6) is 0 Å². The van der Waals surface area contributed by atoms with Crippen molar-refractivity contribution in [3.8, 4) is 0 Å². The third-order valence-electron chi connectivity index (χ3n) is 3.79. The number of aliphatic carboxylic acids is 1. The van der Waals surface area contributed by atoms with Crippen LogP contribution in [-0.2, 0) is 4.79 Å². The van der Waals surface area contributed by atoms with Gasteiger partial charge in [0.25, 0.3) is 0 Å². The van der Waals surface area contributed by atoms with Gasteiger partial charge in [-0.05, 0) is 18.8 Å². The molecule has 0 amide bonds. The lowest BCUT2D eigenvalue weighted by Gasteiger charge is -2.20. The molecule has 18 heavy (non-hydrogen) atoms. The number of carbonyl (C=O) groups is 1. The molecule has 0 fully saturated rings. The van der Waals surface area contributed by atoms with Crippen molar-refractivity contribution in [3.63, 3.8) is 0 Å². The van der Waals surface area contributed by atoms with Crippen LogP contribution in [0.25, 0.3) is 0 Å². The van der Waals surface area contributed by atoms with Gasteiger partial charge in [0.15, 0.2) is 0 Å². The van der Waals surface area contributed by atoms with E-state index in [9.17, 15) is 9.90 Å². The summed E-state index contributed by atoms with van der Waals surface area (Å²) in [6, 6.07) is 0. The molecule has 0 bridgehead atoms. The average molecular weight is 256 g/mol. The van der Waals surface area contributed by atoms with Gasteiger partial charge < -0.3 is 5.11 Å². The van der Waals surface area contributed by atoms with Crippen molar-refractivity contribution in [2.75, 3.05) is 0 Å². The summed E-state index contributed by atoms with van der Waals surface area (Å²) in [5.74, 6) is -0.0636. The van der Waals surface area contributed by atoms with E-state index < -0.39 is 5.97 Å². The summed E-state index contributed by atoms with van der Waals surface area (Å²) in [6.45, 7) is 6.57. The van der Waals surface area contributed by atoms with Crippen LogP contribution in [0.2, 0.25) is 0 Å². The highest BCUT2D eigenvalue weighted by atomic mass is 16.4. The van der Waals surface area contributed by atoms with Crippen LogP contribution >= 0.6 is 0 Å². The van der Waals surface area contributed by atoms with E-state index in [0.717, 1.165) is 25.7 Å². The lowest BCUT2D eigenvalue weighted by molar-refractivity contribution is -0.142. The van der Waals surface area contributed by atoms with Gasteiger partial charge in [0.05, 0.1) is 5.92 Å². The van der Waals surface area contributed by atoms with Crippen LogP contribution < -0.4 is 0 Å². The highest BCUT2D eigenvalue weighted by Gasteiger charge is 2.21.